The molecule has 0 aromatic carbocycles. The Morgan fingerprint density at radius 1 is 1.28 bits per heavy atom. The fraction of sp³-hybridized carbons (Fsp3) is 0.250. The summed E-state index contributed by atoms with van der Waals surface area (Å²) >= 11 is 2.80. The summed E-state index contributed by atoms with van der Waals surface area (Å²) in [6, 6.07) is 3.77. The molecular formula is C16H15N5O2S2. The van der Waals surface area contributed by atoms with E-state index in [0.717, 1.165) is 28.7 Å². The molecule has 0 unspecified atom stereocenters. The molecule has 1 saturated heterocycles. The number of hydrogen-bond donors (Lipinski definition) is 1. The third kappa shape index (κ3) is 3.53. The fourth-order valence-electron chi connectivity index (χ4n) is 2.50. The van der Waals surface area contributed by atoms with E-state index < -0.39 is 0 Å². The number of carbonyl (C=O) groups is 1. The standard InChI is InChI=1S/C16H15N5O2S2/c22-14(13-10-24-15(20-13)11-2-1-3-17-8-11)19-12-9-18-25-16(12)21-4-6-23-7-5-21/h1-3,8-10H,4-7H2,(H,19,22). The van der Waals surface area contributed by atoms with Gasteiger partial charge in [-0.2, -0.15) is 4.37 Å². The molecule has 4 rings (SSSR count). The van der Waals surface area contributed by atoms with Crippen LogP contribution in [0.2, 0.25) is 0 Å². The van der Waals surface area contributed by atoms with Crippen molar-refractivity contribution in [3.63, 3.8) is 0 Å². The molecule has 0 aliphatic carbocycles. The van der Waals surface area contributed by atoms with Gasteiger partial charge in [-0.25, -0.2) is 4.98 Å². The second-order valence-corrected chi connectivity index (χ2v) is 7.02. The van der Waals surface area contributed by atoms with Crippen LogP contribution in [0.1, 0.15) is 10.5 Å². The van der Waals surface area contributed by atoms with Gasteiger partial charge >= 0.3 is 0 Å². The predicted octanol–water partition coefficient (Wildman–Crippen LogP) is 2.75. The molecule has 7 nitrogen and oxygen atoms in total. The van der Waals surface area contributed by atoms with E-state index in [4.69, 9.17) is 4.74 Å². The summed E-state index contributed by atoms with van der Waals surface area (Å²) in [5.74, 6) is -0.235. The van der Waals surface area contributed by atoms with Gasteiger partial charge in [-0.15, -0.1) is 11.3 Å². The fourth-order valence-corrected chi connectivity index (χ4v) is 4.05. The Hall–Kier alpha value is -2.36. The number of ether oxygens (including phenoxy) is 1. The normalized spacial score (nSPS) is 14.5. The predicted molar refractivity (Wildman–Crippen MR) is 98.4 cm³/mol. The maximum absolute atomic E-state index is 12.5. The first-order chi connectivity index (χ1) is 12.3. The van der Waals surface area contributed by atoms with Crippen LogP contribution >= 0.6 is 22.9 Å². The van der Waals surface area contributed by atoms with Crippen LogP contribution in [0.4, 0.5) is 10.7 Å². The van der Waals surface area contributed by atoms with Gasteiger partial charge in [-0.05, 0) is 23.7 Å². The van der Waals surface area contributed by atoms with Crippen molar-refractivity contribution in [3.05, 3.63) is 41.8 Å². The van der Waals surface area contributed by atoms with E-state index in [0.29, 0.717) is 24.6 Å². The highest BCUT2D eigenvalue weighted by Gasteiger charge is 2.20. The SMILES string of the molecule is O=C(Nc1cnsc1N1CCOCC1)c1csc(-c2cccnc2)n1. The molecule has 128 valence electrons. The van der Waals surface area contributed by atoms with Gasteiger partial charge < -0.3 is 15.0 Å². The summed E-state index contributed by atoms with van der Waals surface area (Å²) in [5.41, 5.74) is 2.01. The number of amides is 1. The van der Waals surface area contributed by atoms with Gasteiger partial charge in [0.15, 0.2) is 0 Å². The molecule has 1 fully saturated rings. The smallest absolute Gasteiger partial charge is 0.275 e. The first kappa shape index (κ1) is 16.1. The van der Waals surface area contributed by atoms with Crippen LogP contribution in [0.15, 0.2) is 36.1 Å². The van der Waals surface area contributed by atoms with Crippen LogP contribution in [-0.4, -0.2) is 46.6 Å². The molecular weight excluding hydrogens is 358 g/mol. The molecule has 3 aromatic rings. The lowest BCUT2D eigenvalue weighted by Crippen LogP contribution is -2.36. The Bertz CT molecular complexity index is 858. The molecule has 0 saturated carbocycles. The molecule has 4 heterocycles. The lowest BCUT2D eigenvalue weighted by atomic mass is 10.3. The number of carbonyl (C=O) groups excluding carboxylic acids is 1. The molecule has 1 aliphatic heterocycles. The zero-order chi connectivity index (χ0) is 17.1. The summed E-state index contributed by atoms with van der Waals surface area (Å²) < 4.78 is 9.59. The number of rotatable bonds is 4. The van der Waals surface area contributed by atoms with E-state index in [-0.39, 0.29) is 5.91 Å². The molecule has 0 spiro atoms. The largest absolute Gasteiger partial charge is 0.378 e. The number of thiazole rings is 1. The van der Waals surface area contributed by atoms with Crippen LogP contribution in [0, 0.1) is 0 Å². The minimum Gasteiger partial charge on any atom is -0.378 e. The molecule has 1 aliphatic rings. The summed E-state index contributed by atoms with van der Waals surface area (Å²) in [6.45, 7) is 2.97. The Kier molecular flexibility index (Phi) is 4.68. The van der Waals surface area contributed by atoms with Crippen molar-refractivity contribution < 1.29 is 9.53 Å². The van der Waals surface area contributed by atoms with Gasteiger partial charge in [-0.3, -0.25) is 9.78 Å². The lowest BCUT2D eigenvalue weighted by molar-refractivity contribution is 0.102. The van der Waals surface area contributed by atoms with E-state index in [1.54, 1.807) is 24.0 Å². The molecule has 9 heteroatoms. The molecule has 3 aromatic heterocycles. The van der Waals surface area contributed by atoms with Gasteiger partial charge in [-0.1, -0.05) is 0 Å². The molecule has 1 N–H and O–H groups in total. The zero-order valence-electron chi connectivity index (χ0n) is 13.2. The third-order valence-electron chi connectivity index (χ3n) is 3.74. The van der Waals surface area contributed by atoms with E-state index in [2.05, 4.69) is 24.6 Å². The summed E-state index contributed by atoms with van der Waals surface area (Å²) in [7, 11) is 0. The summed E-state index contributed by atoms with van der Waals surface area (Å²) in [4.78, 5) is 23.2. The number of nitrogens with one attached hydrogen (secondary N) is 1. The van der Waals surface area contributed by atoms with E-state index in [9.17, 15) is 4.79 Å². The van der Waals surface area contributed by atoms with Gasteiger partial charge in [0.1, 0.15) is 15.7 Å². The number of anilines is 2. The van der Waals surface area contributed by atoms with Crippen LogP contribution in [-0.2, 0) is 4.74 Å². The van der Waals surface area contributed by atoms with Crippen LogP contribution < -0.4 is 10.2 Å². The van der Waals surface area contributed by atoms with E-state index in [1.165, 1.54) is 22.9 Å². The van der Waals surface area contributed by atoms with Crippen molar-refractivity contribution in [2.24, 2.45) is 0 Å². The quantitative estimate of drug-likeness (QED) is 0.757. The van der Waals surface area contributed by atoms with Crippen LogP contribution in [0.5, 0.6) is 0 Å². The van der Waals surface area contributed by atoms with E-state index >= 15 is 0 Å². The first-order valence-corrected chi connectivity index (χ1v) is 9.41. The highest BCUT2D eigenvalue weighted by atomic mass is 32.1. The monoisotopic (exact) mass is 373 g/mol. The Labute approximate surface area is 152 Å². The maximum Gasteiger partial charge on any atom is 0.275 e. The number of hydrogen-bond acceptors (Lipinski definition) is 8. The highest BCUT2D eigenvalue weighted by Crippen LogP contribution is 2.31. The third-order valence-corrected chi connectivity index (χ3v) is 5.50. The van der Waals surface area contributed by atoms with Crippen molar-refractivity contribution in [1.29, 1.82) is 0 Å². The second kappa shape index (κ2) is 7.26. The number of morpholine rings is 1. The summed E-state index contributed by atoms with van der Waals surface area (Å²) in [6.07, 6.45) is 5.13. The molecule has 0 bridgehead atoms. The Morgan fingerprint density at radius 3 is 2.96 bits per heavy atom. The minimum atomic E-state index is -0.235. The Morgan fingerprint density at radius 2 is 2.16 bits per heavy atom. The zero-order valence-corrected chi connectivity index (χ0v) is 14.8. The second-order valence-electron chi connectivity index (χ2n) is 5.38. The minimum absolute atomic E-state index is 0.235. The Balaban J connectivity index is 1.50. The number of aromatic nitrogens is 3. The molecule has 0 atom stereocenters. The van der Waals surface area contributed by atoms with Gasteiger partial charge in [0, 0.05) is 36.4 Å². The lowest BCUT2D eigenvalue weighted by Gasteiger charge is -2.27. The van der Waals surface area contributed by atoms with Gasteiger partial charge in [0.05, 0.1) is 25.1 Å². The molecule has 0 radical (unpaired) electrons. The average molecular weight is 373 g/mol. The molecule has 25 heavy (non-hydrogen) atoms. The van der Waals surface area contributed by atoms with Crippen molar-refractivity contribution in [2.45, 2.75) is 0 Å². The van der Waals surface area contributed by atoms with Crippen molar-refractivity contribution in [2.75, 3.05) is 36.5 Å². The summed E-state index contributed by atoms with van der Waals surface area (Å²) in [5, 5.41) is 6.41. The average Bonchev–Trinajstić information content (AvgIpc) is 3.33. The van der Waals surface area contributed by atoms with Gasteiger partial charge in [0.2, 0.25) is 0 Å². The van der Waals surface area contributed by atoms with Crippen LogP contribution in [0.25, 0.3) is 10.6 Å². The van der Waals surface area contributed by atoms with Crippen molar-refractivity contribution in [1.82, 2.24) is 14.3 Å². The van der Waals surface area contributed by atoms with Crippen molar-refractivity contribution >= 4 is 39.5 Å². The number of nitrogens with zero attached hydrogens (tertiary/aromatic N) is 4. The number of pyridine rings is 1. The highest BCUT2D eigenvalue weighted by molar-refractivity contribution is 7.13. The first-order valence-electron chi connectivity index (χ1n) is 7.76. The van der Waals surface area contributed by atoms with Gasteiger partial charge in [0.25, 0.3) is 5.91 Å². The van der Waals surface area contributed by atoms with E-state index in [1.807, 2.05) is 12.1 Å². The van der Waals surface area contributed by atoms with Crippen molar-refractivity contribution in [3.8, 4) is 10.6 Å². The topological polar surface area (TPSA) is 80.2 Å². The van der Waals surface area contributed by atoms with Crippen LogP contribution in [0.3, 0.4) is 0 Å². The maximum atomic E-state index is 12.5. The molecule has 1 amide bonds.